The van der Waals surface area contributed by atoms with E-state index in [0.29, 0.717) is 22.8 Å². The van der Waals surface area contributed by atoms with Crippen LogP contribution in [-0.4, -0.2) is 54.3 Å². The Balaban J connectivity index is 1.27. The Morgan fingerprint density at radius 3 is 2.38 bits per heavy atom. The standard InChI is InChI=1S/C25H34N6O2S/c1-31(2)22-20-6-4-5-7-21(20)29-24(30-22)26-17-12-14-19(15-13-17)28-25(34)27-18-10-8-16(9-11-18)23(32)33-3/h8-11,17,19H,4-7,12-15H2,1-3H3,(H,26,29,30)(H2,27,28,34)/t17-,19+. The van der Waals surface area contributed by atoms with E-state index in [1.54, 1.807) is 12.1 Å². The minimum Gasteiger partial charge on any atom is -0.465 e. The van der Waals surface area contributed by atoms with Gasteiger partial charge in [0.2, 0.25) is 5.95 Å². The first-order chi connectivity index (χ1) is 16.4. The molecule has 182 valence electrons. The lowest BCUT2D eigenvalue weighted by atomic mass is 9.91. The smallest absolute Gasteiger partial charge is 0.337 e. The molecule has 9 heteroatoms. The van der Waals surface area contributed by atoms with Gasteiger partial charge in [0.1, 0.15) is 5.82 Å². The van der Waals surface area contributed by atoms with Gasteiger partial charge in [0, 0.05) is 37.4 Å². The lowest BCUT2D eigenvalue weighted by molar-refractivity contribution is 0.0601. The van der Waals surface area contributed by atoms with Crippen LogP contribution in [-0.2, 0) is 17.6 Å². The zero-order valence-electron chi connectivity index (χ0n) is 20.2. The number of methoxy groups -OCH3 is 1. The number of rotatable bonds is 6. The third kappa shape index (κ3) is 5.94. The highest BCUT2D eigenvalue weighted by atomic mass is 32.1. The largest absolute Gasteiger partial charge is 0.465 e. The van der Waals surface area contributed by atoms with Crippen molar-refractivity contribution in [3.8, 4) is 0 Å². The Bertz CT molecular complexity index is 1020. The first-order valence-corrected chi connectivity index (χ1v) is 12.4. The molecule has 2 aliphatic carbocycles. The second-order valence-corrected chi connectivity index (χ2v) is 9.67. The lowest BCUT2D eigenvalue weighted by Gasteiger charge is -2.31. The molecule has 0 saturated heterocycles. The van der Waals surface area contributed by atoms with Gasteiger partial charge in [-0.3, -0.25) is 0 Å². The van der Waals surface area contributed by atoms with Gasteiger partial charge in [-0.15, -0.1) is 0 Å². The summed E-state index contributed by atoms with van der Waals surface area (Å²) in [6.07, 6.45) is 8.65. The highest BCUT2D eigenvalue weighted by molar-refractivity contribution is 7.80. The normalized spacial score (nSPS) is 19.5. The molecule has 1 saturated carbocycles. The molecule has 0 spiro atoms. The fraction of sp³-hybridized carbons (Fsp3) is 0.520. The number of carbonyl (C=O) groups is 1. The molecule has 1 aromatic heterocycles. The van der Waals surface area contributed by atoms with E-state index in [2.05, 4.69) is 34.9 Å². The van der Waals surface area contributed by atoms with Gasteiger partial charge >= 0.3 is 5.97 Å². The molecule has 1 aromatic carbocycles. The maximum absolute atomic E-state index is 11.6. The van der Waals surface area contributed by atoms with Crippen LogP contribution in [0.25, 0.3) is 0 Å². The Labute approximate surface area is 206 Å². The summed E-state index contributed by atoms with van der Waals surface area (Å²) in [5.41, 5.74) is 3.87. The van der Waals surface area contributed by atoms with Crippen LogP contribution in [0.2, 0.25) is 0 Å². The van der Waals surface area contributed by atoms with Crippen LogP contribution in [0.5, 0.6) is 0 Å². The highest BCUT2D eigenvalue weighted by Crippen LogP contribution is 2.29. The van der Waals surface area contributed by atoms with Crippen LogP contribution in [0.4, 0.5) is 17.5 Å². The van der Waals surface area contributed by atoms with Gasteiger partial charge in [0.15, 0.2) is 5.11 Å². The van der Waals surface area contributed by atoms with Crippen LogP contribution in [0.3, 0.4) is 0 Å². The molecule has 0 amide bonds. The van der Waals surface area contributed by atoms with Gasteiger partial charge in [-0.1, -0.05) is 0 Å². The average Bonchev–Trinajstić information content (AvgIpc) is 2.84. The van der Waals surface area contributed by atoms with Crippen molar-refractivity contribution in [2.45, 2.75) is 63.5 Å². The third-order valence-electron chi connectivity index (χ3n) is 6.54. The molecule has 2 aromatic rings. The van der Waals surface area contributed by atoms with Gasteiger partial charge in [0.25, 0.3) is 0 Å². The average molecular weight is 483 g/mol. The summed E-state index contributed by atoms with van der Waals surface area (Å²) in [7, 11) is 5.49. The predicted octanol–water partition coefficient (Wildman–Crippen LogP) is 3.92. The number of fused-ring (bicyclic) bond motifs is 1. The quantitative estimate of drug-likeness (QED) is 0.419. The van der Waals surface area contributed by atoms with E-state index in [4.69, 9.17) is 26.9 Å². The molecule has 0 aliphatic heterocycles. The maximum Gasteiger partial charge on any atom is 0.337 e. The molecular formula is C25H34N6O2S. The van der Waals surface area contributed by atoms with Crippen molar-refractivity contribution in [3.63, 3.8) is 0 Å². The number of aromatic nitrogens is 2. The number of carbonyl (C=O) groups excluding carboxylic acids is 1. The minimum absolute atomic E-state index is 0.328. The zero-order valence-corrected chi connectivity index (χ0v) is 21.0. The van der Waals surface area contributed by atoms with Gasteiger partial charge in [-0.25, -0.2) is 9.78 Å². The molecule has 0 radical (unpaired) electrons. The molecule has 0 bridgehead atoms. The van der Waals surface area contributed by atoms with Gasteiger partial charge in [-0.2, -0.15) is 4.98 Å². The Morgan fingerprint density at radius 1 is 1.03 bits per heavy atom. The summed E-state index contributed by atoms with van der Waals surface area (Å²) in [4.78, 5) is 23.4. The molecule has 0 unspecified atom stereocenters. The lowest BCUT2D eigenvalue weighted by Crippen LogP contribution is -2.42. The maximum atomic E-state index is 11.6. The van der Waals surface area contributed by atoms with Gasteiger partial charge in [0.05, 0.1) is 18.4 Å². The summed E-state index contributed by atoms with van der Waals surface area (Å²) < 4.78 is 4.73. The van der Waals surface area contributed by atoms with Crippen molar-refractivity contribution in [3.05, 3.63) is 41.1 Å². The predicted molar refractivity (Wildman–Crippen MR) is 140 cm³/mol. The first kappa shape index (κ1) is 24.2. The minimum atomic E-state index is -0.351. The molecular weight excluding hydrogens is 448 g/mol. The van der Waals surface area contributed by atoms with E-state index in [1.165, 1.54) is 31.2 Å². The van der Waals surface area contributed by atoms with Crippen molar-refractivity contribution in [2.75, 3.05) is 36.7 Å². The zero-order chi connectivity index (χ0) is 24.1. The second-order valence-electron chi connectivity index (χ2n) is 9.26. The third-order valence-corrected chi connectivity index (χ3v) is 6.76. The summed E-state index contributed by atoms with van der Waals surface area (Å²) >= 11 is 5.50. The van der Waals surface area contributed by atoms with E-state index in [1.807, 2.05) is 12.1 Å². The molecule has 2 aliphatic rings. The van der Waals surface area contributed by atoms with Gasteiger partial charge in [-0.05, 0) is 87.8 Å². The Morgan fingerprint density at radius 2 is 1.71 bits per heavy atom. The van der Waals surface area contributed by atoms with Crippen LogP contribution in [0.15, 0.2) is 24.3 Å². The van der Waals surface area contributed by atoms with E-state index in [9.17, 15) is 4.79 Å². The van der Waals surface area contributed by atoms with E-state index >= 15 is 0 Å². The fourth-order valence-electron chi connectivity index (χ4n) is 4.73. The van der Waals surface area contributed by atoms with Crippen LogP contribution in [0.1, 0.15) is 60.1 Å². The van der Waals surface area contributed by atoms with Crippen LogP contribution in [0, 0.1) is 0 Å². The van der Waals surface area contributed by atoms with Gasteiger partial charge < -0.3 is 25.6 Å². The SMILES string of the molecule is COC(=O)c1ccc(NC(=S)N[C@H]2CC[C@@H](Nc3nc4c(c(N(C)C)n3)CCCC4)CC2)cc1. The Kier molecular flexibility index (Phi) is 7.82. The summed E-state index contributed by atoms with van der Waals surface area (Å²) in [6.45, 7) is 0. The summed E-state index contributed by atoms with van der Waals surface area (Å²) in [6, 6.07) is 7.77. The van der Waals surface area contributed by atoms with Crippen molar-refractivity contribution < 1.29 is 9.53 Å². The molecule has 3 N–H and O–H groups in total. The molecule has 1 fully saturated rings. The van der Waals surface area contributed by atoms with E-state index in [-0.39, 0.29) is 5.97 Å². The van der Waals surface area contributed by atoms with Crippen LogP contribution >= 0.6 is 12.2 Å². The molecule has 1 heterocycles. The molecule has 8 nitrogen and oxygen atoms in total. The number of nitrogens with one attached hydrogen (secondary N) is 3. The number of aryl methyl sites for hydroxylation is 1. The molecule has 4 rings (SSSR count). The number of thiocarbonyl (C=S) groups is 1. The van der Waals surface area contributed by atoms with Crippen molar-refractivity contribution in [2.24, 2.45) is 0 Å². The number of ether oxygens (including phenoxy) is 1. The molecule has 0 atom stereocenters. The fourth-order valence-corrected chi connectivity index (χ4v) is 5.02. The van der Waals surface area contributed by atoms with Crippen molar-refractivity contribution in [1.29, 1.82) is 0 Å². The number of hydrogen-bond acceptors (Lipinski definition) is 7. The number of esters is 1. The number of benzene rings is 1. The molecule has 34 heavy (non-hydrogen) atoms. The monoisotopic (exact) mass is 482 g/mol. The van der Waals surface area contributed by atoms with E-state index < -0.39 is 0 Å². The second kappa shape index (κ2) is 11.0. The summed E-state index contributed by atoms with van der Waals surface area (Å²) in [5, 5.41) is 10.8. The van der Waals surface area contributed by atoms with Crippen molar-refractivity contribution >= 4 is 40.8 Å². The number of anilines is 3. The topological polar surface area (TPSA) is 91.4 Å². The van der Waals surface area contributed by atoms with Crippen molar-refractivity contribution in [1.82, 2.24) is 15.3 Å². The van der Waals surface area contributed by atoms with E-state index in [0.717, 1.165) is 56.0 Å². The Hall–Kier alpha value is -2.94. The first-order valence-electron chi connectivity index (χ1n) is 12.0. The number of hydrogen-bond donors (Lipinski definition) is 3. The highest BCUT2D eigenvalue weighted by Gasteiger charge is 2.24. The number of nitrogens with zero attached hydrogens (tertiary/aromatic N) is 3. The summed E-state index contributed by atoms with van der Waals surface area (Å²) in [5.74, 6) is 1.46. The van der Waals surface area contributed by atoms with Crippen LogP contribution < -0.4 is 20.9 Å².